The molecule has 3 aromatic carbocycles. The third-order valence-corrected chi connectivity index (χ3v) is 6.66. The molecule has 0 heterocycles. The first-order valence-electron chi connectivity index (χ1n) is 11.3. The van der Waals surface area contributed by atoms with E-state index < -0.39 is 12.2 Å². The standard InChI is InChI=1S/C27H28IN3O4S/c1-36-20-14-12-19(13-15-20)30-27(34)35-25(21-17-18(28)11-16-24(21)32)9-3-2-4-10-26(33)31-23-8-6-5-7-22(23)29/h4-8,10-17,25,32H,2-3,9,29H2,1H3,(H,30,34)(H,31,33)/b10-4+/t25-/m0/s1. The zero-order chi connectivity index (χ0) is 25.9. The van der Waals surface area contributed by atoms with Crippen LogP contribution in [0.15, 0.2) is 83.8 Å². The number of ether oxygens (including phenoxy) is 1. The highest BCUT2D eigenvalue weighted by Crippen LogP contribution is 2.32. The lowest BCUT2D eigenvalue weighted by Gasteiger charge is -2.20. The minimum atomic E-state index is -0.656. The lowest BCUT2D eigenvalue weighted by molar-refractivity contribution is -0.111. The van der Waals surface area contributed by atoms with Crippen LogP contribution >= 0.6 is 34.4 Å². The van der Waals surface area contributed by atoms with Gasteiger partial charge in [-0.25, -0.2) is 4.79 Å². The molecule has 0 radical (unpaired) electrons. The van der Waals surface area contributed by atoms with Crippen LogP contribution in [0.4, 0.5) is 21.9 Å². The Bertz CT molecular complexity index is 1220. The first-order valence-corrected chi connectivity index (χ1v) is 13.6. The molecule has 7 nitrogen and oxygen atoms in total. The number of nitrogens with one attached hydrogen (secondary N) is 2. The number of phenols is 1. The van der Waals surface area contributed by atoms with Crippen molar-refractivity contribution in [3.63, 3.8) is 0 Å². The SMILES string of the molecule is CSc1ccc(NC(=O)O[C@@H](CCC/C=C/C(=O)Nc2ccccc2N)c2cc(I)ccc2O)cc1. The van der Waals surface area contributed by atoms with E-state index in [0.717, 1.165) is 8.47 Å². The van der Waals surface area contributed by atoms with Crippen LogP contribution in [-0.2, 0) is 9.53 Å². The van der Waals surface area contributed by atoms with Gasteiger partial charge in [-0.05, 0) is 109 Å². The van der Waals surface area contributed by atoms with Crippen molar-refractivity contribution in [3.8, 4) is 5.75 Å². The van der Waals surface area contributed by atoms with E-state index in [1.807, 2.05) is 30.5 Å². The minimum Gasteiger partial charge on any atom is -0.508 e. The molecular weight excluding hydrogens is 589 g/mol. The van der Waals surface area contributed by atoms with Gasteiger partial charge >= 0.3 is 6.09 Å². The number of amides is 2. The minimum absolute atomic E-state index is 0.0629. The van der Waals surface area contributed by atoms with Gasteiger partial charge in [-0.15, -0.1) is 11.8 Å². The number of rotatable bonds is 10. The number of aromatic hydroxyl groups is 1. The van der Waals surface area contributed by atoms with Gasteiger partial charge in [-0.2, -0.15) is 0 Å². The Morgan fingerprint density at radius 1 is 1.11 bits per heavy atom. The summed E-state index contributed by atoms with van der Waals surface area (Å²) in [6.07, 6.45) is 5.61. The van der Waals surface area contributed by atoms with Crippen LogP contribution in [0.5, 0.6) is 5.75 Å². The van der Waals surface area contributed by atoms with Crippen LogP contribution in [0.1, 0.15) is 30.9 Å². The maximum atomic E-state index is 12.6. The number of nitrogens with two attached hydrogens (primary N) is 1. The lowest BCUT2D eigenvalue weighted by atomic mass is 10.0. The molecule has 0 aromatic heterocycles. The molecule has 36 heavy (non-hydrogen) atoms. The number of unbranched alkanes of at least 4 members (excludes halogenated alkanes) is 1. The number of hydrogen-bond acceptors (Lipinski definition) is 6. The number of nitrogen functional groups attached to an aromatic ring is 1. The number of phenolic OH excluding ortho intramolecular Hbond substituents is 1. The topological polar surface area (TPSA) is 114 Å². The molecule has 188 valence electrons. The summed E-state index contributed by atoms with van der Waals surface area (Å²) in [5.74, 6) is -0.212. The Balaban J connectivity index is 1.59. The summed E-state index contributed by atoms with van der Waals surface area (Å²) in [6.45, 7) is 0. The average molecular weight is 618 g/mol. The molecule has 3 aromatic rings. The predicted octanol–water partition coefficient (Wildman–Crippen LogP) is 6.96. The van der Waals surface area contributed by atoms with Crippen LogP contribution in [0.25, 0.3) is 0 Å². The van der Waals surface area contributed by atoms with E-state index in [9.17, 15) is 14.7 Å². The number of thioether (sulfide) groups is 1. The second-order valence-electron chi connectivity index (χ2n) is 7.86. The van der Waals surface area contributed by atoms with E-state index in [1.54, 1.807) is 60.3 Å². The molecule has 3 rings (SSSR count). The van der Waals surface area contributed by atoms with Gasteiger partial charge in [0.05, 0.1) is 11.4 Å². The van der Waals surface area contributed by atoms with E-state index in [4.69, 9.17) is 10.5 Å². The van der Waals surface area contributed by atoms with Crippen molar-refractivity contribution < 1.29 is 19.4 Å². The average Bonchev–Trinajstić information content (AvgIpc) is 2.86. The normalized spacial score (nSPS) is 11.7. The molecule has 0 unspecified atom stereocenters. The van der Waals surface area contributed by atoms with Crippen molar-refractivity contribution in [2.45, 2.75) is 30.3 Å². The summed E-state index contributed by atoms with van der Waals surface area (Å²) in [5, 5.41) is 15.9. The highest BCUT2D eigenvalue weighted by Gasteiger charge is 2.20. The van der Waals surface area contributed by atoms with Crippen molar-refractivity contribution in [2.75, 3.05) is 22.6 Å². The number of para-hydroxylation sites is 2. The molecule has 0 bridgehead atoms. The van der Waals surface area contributed by atoms with Crippen molar-refractivity contribution in [3.05, 3.63) is 88.0 Å². The van der Waals surface area contributed by atoms with E-state index in [-0.39, 0.29) is 11.7 Å². The number of anilines is 3. The molecule has 9 heteroatoms. The fourth-order valence-electron chi connectivity index (χ4n) is 3.41. The lowest BCUT2D eigenvalue weighted by Crippen LogP contribution is -2.18. The third kappa shape index (κ3) is 8.49. The van der Waals surface area contributed by atoms with Gasteiger partial charge in [0.2, 0.25) is 5.91 Å². The van der Waals surface area contributed by atoms with E-state index in [1.165, 1.54) is 6.08 Å². The molecule has 5 N–H and O–H groups in total. The number of carbonyl (C=O) groups is 2. The van der Waals surface area contributed by atoms with Crippen LogP contribution < -0.4 is 16.4 Å². The summed E-state index contributed by atoms with van der Waals surface area (Å²) in [6, 6.07) is 19.7. The predicted molar refractivity (Wildman–Crippen MR) is 154 cm³/mol. The van der Waals surface area contributed by atoms with Gasteiger partial charge in [0, 0.05) is 19.7 Å². The zero-order valence-electron chi connectivity index (χ0n) is 19.7. The number of benzene rings is 3. The van der Waals surface area contributed by atoms with Gasteiger partial charge in [-0.3, -0.25) is 10.1 Å². The van der Waals surface area contributed by atoms with Crippen LogP contribution in [0, 0.1) is 3.57 Å². The molecule has 0 saturated carbocycles. The molecule has 0 aliphatic heterocycles. The smallest absolute Gasteiger partial charge is 0.412 e. The molecule has 0 saturated heterocycles. The van der Waals surface area contributed by atoms with Gasteiger partial charge in [0.15, 0.2) is 0 Å². The van der Waals surface area contributed by atoms with E-state index in [0.29, 0.717) is 41.9 Å². The molecule has 0 aliphatic carbocycles. The first kappa shape index (κ1) is 27.4. The van der Waals surface area contributed by atoms with Crippen molar-refractivity contribution in [2.24, 2.45) is 0 Å². The van der Waals surface area contributed by atoms with Crippen molar-refractivity contribution in [1.29, 1.82) is 0 Å². The van der Waals surface area contributed by atoms with Gasteiger partial charge < -0.3 is 20.9 Å². The van der Waals surface area contributed by atoms with E-state index in [2.05, 4.69) is 33.2 Å². The summed E-state index contributed by atoms with van der Waals surface area (Å²) in [7, 11) is 0. The van der Waals surface area contributed by atoms with Crippen molar-refractivity contribution >= 4 is 63.4 Å². The molecule has 0 fully saturated rings. The second-order valence-corrected chi connectivity index (χ2v) is 9.99. The maximum Gasteiger partial charge on any atom is 0.412 e. The highest BCUT2D eigenvalue weighted by molar-refractivity contribution is 14.1. The molecule has 0 aliphatic rings. The molecule has 1 atom stereocenters. The Labute approximate surface area is 228 Å². The Kier molecular flexibility index (Phi) is 10.5. The van der Waals surface area contributed by atoms with Crippen LogP contribution in [0.2, 0.25) is 0 Å². The maximum absolute atomic E-state index is 12.6. The van der Waals surface area contributed by atoms with Crippen molar-refractivity contribution in [1.82, 2.24) is 0 Å². The molecule has 0 spiro atoms. The van der Waals surface area contributed by atoms with Gasteiger partial charge in [0.1, 0.15) is 11.9 Å². The fourth-order valence-corrected chi connectivity index (χ4v) is 4.33. The number of halogens is 1. The van der Waals surface area contributed by atoms with E-state index >= 15 is 0 Å². The number of allylic oxidation sites excluding steroid dienone is 1. The number of hydrogen-bond donors (Lipinski definition) is 4. The van der Waals surface area contributed by atoms with Crippen LogP contribution in [0.3, 0.4) is 0 Å². The molecule has 2 amide bonds. The third-order valence-electron chi connectivity index (χ3n) is 5.25. The Morgan fingerprint density at radius 2 is 1.86 bits per heavy atom. The second kappa shape index (κ2) is 13.8. The highest BCUT2D eigenvalue weighted by atomic mass is 127. The summed E-state index contributed by atoms with van der Waals surface area (Å²) < 4.78 is 6.63. The zero-order valence-corrected chi connectivity index (χ0v) is 22.7. The quantitative estimate of drug-likeness (QED) is 0.0644. The largest absolute Gasteiger partial charge is 0.508 e. The Morgan fingerprint density at radius 3 is 2.58 bits per heavy atom. The number of carbonyl (C=O) groups excluding carboxylic acids is 2. The van der Waals surface area contributed by atoms with Crippen LogP contribution in [-0.4, -0.2) is 23.4 Å². The summed E-state index contributed by atoms with van der Waals surface area (Å²) in [5.41, 5.74) is 8.06. The first-order chi connectivity index (χ1) is 17.4. The fraction of sp³-hybridized carbons (Fsp3) is 0.185. The van der Waals surface area contributed by atoms with Gasteiger partial charge in [0.25, 0.3) is 0 Å². The summed E-state index contributed by atoms with van der Waals surface area (Å²) >= 11 is 3.76. The molecular formula is C27H28IN3O4S. The summed E-state index contributed by atoms with van der Waals surface area (Å²) in [4.78, 5) is 25.9. The monoisotopic (exact) mass is 617 g/mol. The van der Waals surface area contributed by atoms with Gasteiger partial charge in [-0.1, -0.05) is 18.2 Å². The Hall–Kier alpha value is -3.18.